The number of amides is 2. The molecule has 2 fully saturated rings. The van der Waals surface area contributed by atoms with Gasteiger partial charge >= 0.3 is 12.0 Å². The van der Waals surface area contributed by atoms with Crippen LogP contribution in [0.15, 0.2) is 0 Å². The number of carboxylic acids is 1. The van der Waals surface area contributed by atoms with Crippen LogP contribution in [-0.4, -0.2) is 79.5 Å². The van der Waals surface area contributed by atoms with Crippen molar-refractivity contribution in [3.63, 3.8) is 0 Å². The number of ether oxygens (including phenoxy) is 2. The zero-order chi connectivity index (χ0) is 15.2. The van der Waals surface area contributed by atoms with Crippen molar-refractivity contribution in [2.75, 3.05) is 46.5 Å². The van der Waals surface area contributed by atoms with Gasteiger partial charge in [0.15, 0.2) is 0 Å². The predicted molar refractivity (Wildman–Crippen MR) is 75.1 cm³/mol. The average Bonchev–Trinajstić information content (AvgIpc) is 2.94. The fourth-order valence-electron chi connectivity index (χ4n) is 2.98. The third kappa shape index (κ3) is 4.57. The Bertz CT molecular complexity index is 368. The van der Waals surface area contributed by atoms with Crippen molar-refractivity contribution in [2.45, 2.75) is 25.4 Å². The molecule has 2 amide bonds. The quantitative estimate of drug-likeness (QED) is 0.806. The molecule has 0 aromatic rings. The van der Waals surface area contributed by atoms with Crippen molar-refractivity contribution < 1.29 is 24.2 Å². The number of likely N-dealkylation sites (tertiary alicyclic amines) is 2. The van der Waals surface area contributed by atoms with Gasteiger partial charge in [-0.3, -0.25) is 0 Å². The van der Waals surface area contributed by atoms with E-state index in [0.717, 1.165) is 19.5 Å². The van der Waals surface area contributed by atoms with Crippen LogP contribution in [0.3, 0.4) is 0 Å². The van der Waals surface area contributed by atoms with Gasteiger partial charge in [0.2, 0.25) is 0 Å². The maximum atomic E-state index is 12.4. The average molecular weight is 300 g/mol. The van der Waals surface area contributed by atoms with Gasteiger partial charge in [-0.15, -0.1) is 0 Å². The van der Waals surface area contributed by atoms with E-state index in [4.69, 9.17) is 14.6 Å². The standard InChI is InChI=1S/C14H24N2O5/c1-20-9-11-2-5-16(8-11)14(19)15-6-3-12(4-7-15)21-10-13(17)18/h11-12H,2-10H2,1H3,(H,17,18). The summed E-state index contributed by atoms with van der Waals surface area (Å²) in [7, 11) is 1.69. The van der Waals surface area contributed by atoms with E-state index >= 15 is 0 Å². The molecule has 0 aromatic heterocycles. The Morgan fingerprint density at radius 3 is 2.43 bits per heavy atom. The summed E-state index contributed by atoms with van der Waals surface area (Å²) in [5.41, 5.74) is 0. The Kier molecular flexibility index (Phi) is 5.81. The minimum atomic E-state index is -0.949. The molecule has 120 valence electrons. The Labute approximate surface area is 124 Å². The first kappa shape index (κ1) is 16.0. The van der Waals surface area contributed by atoms with Crippen LogP contribution in [0.5, 0.6) is 0 Å². The molecule has 2 heterocycles. The number of hydrogen-bond acceptors (Lipinski definition) is 4. The molecule has 7 heteroatoms. The minimum absolute atomic E-state index is 0.0510. The highest BCUT2D eigenvalue weighted by Crippen LogP contribution is 2.20. The first-order chi connectivity index (χ1) is 10.1. The molecule has 0 radical (unpaired) electrons. The van der Waals surface area contributed by atoms with E-state index in [-0.39, 0.29) is 18.7 Å². The number of piperidine rings is 1. The van der Waals surface area contributed by atoms with Crippen LogP contribution < -0.4 is 0 Å². The van der Waals surface area contributed by atoms with Gasteiger partial charge in [0, 0.05) is 39.2 Å². The fraction of sp³-hybridized carbons (Fsp3) is 0.857. The van der Waals surface area contributed by atoms with E-state index in [0.29, 0.717) is 38.5 Å². The smallest absolute Gasteiger partial charge is 0.329 e. The van der Waals surface area contributed by atoms with Gasteiger partial charge in [-0.05, 0) is 19.3 Å². The van der Waals surface area contributed by atoms with Crippen LogP contribution >= 0.6 is 0 Å². The summed E-state index contributed by atoms with van der Waals surface area (Å²) in [6.45, 7) is 3.27. The molecule has 1 atom stereocenters. The van der Waals surface area contributed by atoms with Crippen LogP contribution in [0.2, 0.25) is 0 Å². The van der Waals surface area contributed by atoms with E-state index < -0.39 is 5.97 Å². The van der Waals surface area contributed by atoms with E-state index in [9.17, 15) is 9.59 Å². The maximum absolute atomic E-state index is 12.4. The van der Waals surface area contributed by atoms with E-state index in [1.807, 2.05) is 9.80 Å². The second-order valence-electron chi connectivity index (χ2n) is 5.73. The molecule has 0 bridgehead atoms. The molecule has 21 heavy (non-hydrogen) atoms. The number of carboxylic acid groups (broad SMARTS) is 1. The number of urea groups is 1. The SMILES string of the molecule is COCC1CCN(C(=O)N2CCC(OCC(=O)O)CC2)C1. The van der Waals surface area contributed by atoms with Gasteiger partial charge in [-0.25, -0.2) is 9.59 Å². The molecule has 0 saturated carbocycles. The Hall–Kier alpha value is -1.34. The van der Waals surface area contributed by atoms with Crippen molar-refractivity contribution in [1.29, 1.82) is 0 Å². The van der Waals surface area contributed by atoms with Crippen LogP contribution in [-0.2, 0) is 14.3 Å². The minimum Gasteiger partial charge on any atom is -0.480 e. The van der Waals surface area contributed by atoms with Crippen LogP contribution in [0.25, 0.3) is 0 Å². The Morgan fingerprint density at radius 1 is 1.14 bits per heavy atom. The first-order valence-electron chi connectivity index (χ1n) is 7.46. The summed E-state index contributed by atoms with van der Waals surface area (Å²) < 4.78 is 10.4. The number of rotatable bonds is 5. The van der Waals surface area contributed by atoms with Gasteiger partial charge < -0.3 is 24.4 Å². The molecular weight excluding hydrogens is 276 g/mol. The molecule has 7 nitrogen and oxygen atoms in total. The summed E-state index contributed by atoms with van der Waals surface area (Å²) in [4.78, 5) is 26.6. The third-order valence-electron chi connectivity index (χ3n) is 4.11. The third-order valence-corrected chi connectivity index (χ3v) is 4.11. The van der Waals surface area contributed by atoms with Gasteiger partial charge in [0.1, 0.15) is 6.61 Å². The molecule has 0 spiro atoms. The van der Waals surface area contributed by atoms with Crippen LogP contribution in [0, 0.1) is 5.92 Å². The Morgan fingerprint density at radius 2 is 1.81 bits per heavy atom. The molecule has 0 aromatic carbocycles. The van der Waals surface area contributed by atoms with E-state index in [1.165, 1.54) is 0 Å². The summed E-state index contributed by atoms with van der Waals surface area (Å²) >= 11 is 0. The van der Waals surface area contributed by atoms with E-state index in [2.05, 4.69) is 0 Å². The Balaban J connectivity index is 1.72. The van der Waals surface area contributed by atoms with Gasteiger partial charge in [0.05, 0.1) is 12.7 Å². The molecule has 0 aliphatic carbocycles. The highest BCUT2D eigenvalue weighted by Gasteiger charge is 2.31. The summed E-state index contributed by atoms with van der Waals surface area (Å²) in [5.74, 6) is -0.509. The molecule has 2 rings (SSSR count). The van der Waals surface area contributed by atoms with E-state index in [1.54, 1.807) is 7.11 Å². The number of nitrogens with zero attached hydrogens (tertiary/aromatic N) is 2. The van der Waals surface area contributed by atoms with Gasteiger partial charge in [-0.2, -0.15) is 0 Å². The van der Waals surface area contributed by atoms with Gasteiger partial charge in [0.25, 0.3) is 0 Å². The van der Waals surface area contributed by atoms with Crippen LogP contribution in [0.1, 0.15) is 19.3 Å². The van der Waals surface area contributed by atoms with Crippen molar-refractivity contribution in [3.05, 3.63) is 0 Å². The van der Waals surface area contributed by atoms with Crippen molar-refractivity contribution >= 4 is 12.0 Å². The number of carbonyl (C=O) groups is 2. The zero-order valence-corrected chi connectivity index (χ0v) is 12.5. The van der Waals surface area contributed by atoms with Gasteiger partial charge in [-0.1, -0.05) is 0 Å². The zero-order valence-electron chi connectivity index (χ0n) is 12.5. The van der Waals surface area contributed by atoms with Crippen molar-refractivity contribution in [2.24, 2.45) is 5.92 Å². The maximum Gasteiger partial charge on any atom is 0.329 e. The van der Waals surface area contributed by atoms with Crippen LogP contribution in [0.4, 0.5) is 4.79 Å². The normalized spacial score (nSPS) is 23.6. The second kappa shape index (κ2) is 7.61. The molecular formula is C14H24N2O5. The summed E-state index contributed by atoms with van der Waals surface area (Å²) in [6.07, 6.45) is 2.35. The predicted octanol–water partition coefficient (Wildman–Crippen LogP) is 0.640. The fourth-order valence-corrected chi connectivity index (χ4v) is 2.98. The number of aliphatic carboxylic acids is 1. The number of hydrogen-bond donors (Lipinski definition) is 1. The molecule has 1 unspecified atom stereocenters. The molecule has 2 aliphatic heterocycles. The van der Waals surface area contributed by atoms with Crippen molar-refractivity contribution in [1.82, 2.24) is 9.80 Å². The molecule has 2 saturated heterocycles. The highest BCUT2D eigenvalue weighted by atomic mass is 16.5. The lowest BCUT2D eigenvalue weighted by molar-refractivity contribution is -0.145. The lowest BCUT2D eigenvalue weighted by Crippen LogP contribution is -2.47. The lowest BCUT2D eigenvalue weighted by Gasteiger charge is -2.34. The lowest BCUT2D eigenvalue weighted by atomic mass is 10.1. The first-order valence-corrected chi connectivity index (χ1v) is 7.46. The highest BCUT2D eigenvalue weighted by molar-refractivity contribution is 5.74. The number of carbonyl (C=O) groups excluding carboxylic acids is 1. The number of methoxy groups -OCH3 is 1. The topological polar surface area (TPSA) is 79.3 Å². The largest absolute Gasteiger partial charge is 0.480 e. The summed E-state index contributed by atoms with van der Waals surface area (Å²) in [5, 5.41) is 8.59. The second-order valence-corrected chi connectivity index (χ2v) is 5.73. The van der Waals surface area contributed by atoms with Crippen molar-refractivity contribution in [3.8, 4) is 0 Å². The molecule has 2 aliphatic rings. The summed E-state index contributed by atoms with van der Waals surface area (Å²) in [6, 6.07) is 0.0882. The molecule has 1 N–H and O–H groups in total. The monoisotopic (exact) mass is 300 g/mol.